The second-order valence-electron chi connectivity index (χ2n) is 7.35. The first kappa shape index (κ1) is 21.1. The molecule has 0 saturated heterocycles. The van der Waals surface area contributed by atoms with Gasteiger partial charge < -0.3 is 20.4 Å². The third kappa shape index (κ3) is 6.89. The Morgan fingerprint density at radius 1 is 1.08 bits per heavy atom. The smallest absolute Gasteiger partial charge is 0.0880 e. The molecule has 2 atom stereocenters. The van der Waals surface area contributed by atoms with Crippen LogP contribution in [0.4, 0.5) is 0 Å². The van der Waals surface area contributed by atoms with Gasteiger partial charge in [0.25, 0.3) is 0 Å². The van der Waals surface area contributed by atoms with Crippen molar-refractivity contribution in [2.24, 2.45) is 5.92 Å². The standard InChI is InChI=1S/C20H34O4/c1-15(2)18-9-7-16(13-21)5-4-6-17(14-22)8-10-19(23)20(3,24)12-11-18/h6-7,9,15,19,21-24H,4-5,8,10-14H2,1-3H3/t19-,20-/m0/s1. The maximum absolute atomic E-state index is 10.6. The van der Waals surface area contributed by atoms with Gasteiger partial charge in [0, 0.05) is 0 Å². The molecule has 1 aliphatic carbocycles. The fourth-order valence-corrected chi connectivity index (χ4v) is 2.91. The number of allylic oxidation sites excluding steroid dienone is 4. The molecule has 0 aromatic rings. The molecule has 4 nitrogen and oxygen atoms in total. The van der Waals surface area contributed by atoms with Crippen molar-refractivity contribution in [3.63, 3.8) is 0 Å². The van der Waals surface area contributed by atoms with Crippen LogP contribution in [0.3, 0.4) is 0 Å². The molecule has 0 fully saturated rings. The van der Waals surface area contributed by atoms with Gasteiger partial charge in [-0.1, -0.05) is 37.6 Å². The highest BCUT2D eigenvalue weighted by Crippen LogP contribution is 2.27. The van der Waals surface area contributed by atoms with Crippen molar-refractivity contribution in [2.75, 3.05) is 13.2 Å². The van der Waals surface area contributed by atoms with E-state index < -0.39 is 11.7 Å². The lowest BCUT2D eigenvalue weighted by Gasteiger charge is -2.30. The van der Waals surface area contributed by atoms with Gasteiger partial charge in [0.15, 0.2) is 0 Å². The molecule has 0 saturated carbocycles. The van der Waals surface area contributed by atoms with Crippen LogP contribution in [-0.4, -0.2) is 45.3 Å². The van der Waals surface area contributed by atoms with Crippen LogP contribution >= 0.6 is 0 Å². The van der Waals surface area contributed by atoms with Gasteiger partial charge in [-0.15, -0.1) is 0 Å². The Kier molecular flexibility index (Phi) is 8.92. The topological polar surface area (TPSA) is 80.9 Å². The molecular formula is C20H34O4. The highest BCUT2D eigenvalue weighted by molar-refractivity contribution is 5.20. The summed E-state index contributed by atoms with van der Waals surface area (Å²) in [6, 6.07) is 0. The van der Waals surface area contributed by atoms with Crippen LogP contribution < -0.4 is 0 Å². The van der Waals surface area contributed by atoms with Gasteiger partial charge in [0.2, 0.25) is 0 Å². The largest absolute Gasteiger partial charge is 0.392 e. The zero-order valence-corrected chi connectivity index (χ0v) is 15.3. The molecule has 0 aromatic carbocycles. The Morgan fingerprint density at radius 3 is 2.33 bits per heavy atom. The van der Waals surface area contributed by atoms with Crippen LogP contribution in [0, 0.1) is 5.92 Å². The highest BCUT2D eigenvalue weighted by Gasteiger charge is 2.30. The lowest BCUT2D eigenvalue weighted by Crippen LogP contribution is -2.39. The van der Waals surface area contributed by atoms with Crippen LogP contribution in [0.25, 0.3) is 0 Å². The van der Waals surface area contributed by atoms with Crippen molar-refractivity contribution < 1.29 is 20.4 Å². The van der Waals surface area contributed by atoms with Crippen LogP contribution in [-0.2, 0) is 0 Å². The van der Waals surface area contributed by atoms with Crippen molar-refractivity contribution in [1.29, 1.82) is 0 Å². The van der Waals surface area contributed by atoms with Gasteiger partial charge in [-0.05, 0) is 62.5 Å². The minimum absolute atomic E-state index is 0.0284. The molecule has 24 heavy (non-hydrogen) atoms. The minimum atomic E-state index is -1.15. The summed E-state index contributed by atoms with van der Waals surface area (Å²) in [5.41, 5.74) is 1.89. The summed E-state index contributed by atoms with van der Waals surface area (Å²) in [7, 11) is 0. The summed E-state index contributed by atoms with van der Waals surface area (Å²) in [6.07, 6.45) is 8.87. The molecule has 0 bridgehead atoms. The van der Waals surface area contributed by atoms with Crippen molar-refractivity contribution in [3.05, 3.63) is 34.9 Å². The third-order valence-electron chi connectivity index (χ3n) is 4.96. The molecule has 138 valence electrons. The Bertz CT molecular complexity index is 472. The number of aliphatic hydroxyl groups is 4. The molecule has 0 aromatic heterocycles. The van der Waals surface area contributed by atoms with Gasteiger partial charge in [-0.2, -0.15) is 0 Å². The second-order valence-corrected chi connectivity index (χ2v) is 7.35. The van der Waals surface area contributed by atoms with Gasteiger partial charge in [0.05, 0.1) is 24.9 Å². The monoisotopic (exact) mass is 338 g/mol. The Morgan fingerprint density at radius 2 is 1.75 bits per heavy atom. The van der Waals surface area contributed by atoms with E-state index in [0.29, 0.717) is 31.6 Å². The van der Waals surface area contributed by atoms with Gasteiger partial charge in [-0.3, -0.25) is 0 Å². The van der Waals surface area contributed by atoms with Gasteiger partial charge in [-0.25, -0.2) is 0 Å². The SMILES string of the molecule is CC(C)C1=CC=C(CO)CCC=C(CO)CC[C@H](O)[C@@](C)(O)CC1. The van der Waals surface area contributed by atoms with E-state index in [-0.39, 0.29) is 13.2 Å². The molecule has 0 radical (unpaired) electrons. The fraction of sp³-hybridized carbons (Fsp3) is 0.700. The lowest BCUT2D eigenvalue weighted by atomic mass is 9.85. The summed E-state index contributed by atoms with van der Waals surface area (Å²) in [5, 5.41) is 39.9. The predicted molar refractivity (Wildman–Crippen MR) is 97.6 cm³/mol. The summed E-state index contributed by atoms with van der Waals surface area (Å²) < 4.78 is 0. The normalized spacial score (nSPS) is 28.0. The molecule has 1 rings (SSSR count). The first-order chi connectivity index (χ1) is 11.3. The van der Waals surface area contributed by atoms with E-state index in [0.717, 1.165) is 24.0 Å². The van der Waals surface area contributed by atoms with E-state index >= 15 is 0 Å². The van der Waals surface area contributed by atoms with E-state index in [1.807, 2.05) is 18.2 Å². The van der Waals surface area contributed by atoms with E-state index in [4.69, 9.17) is 0 Å². The summed E-state index contributed by atoms with van der Waals surface area (Å²) >= 11 is 0. The molecular weight excluding hydrogens is 304 g/mol. The maximum Gasteiger partial charge on any atom is 0.0880 e. The van der Waals surface area contributed by atoms with E-state index in [1.165, 1.54) is 5.57 Å². The zero-order chi connectivity index (χ0) is 18.2. The van der Waals surface area contributed by atoms with Crippen LogP contribution in [0.2, 0.25) is 0 Å². The summed E-state index contributed by atoms with van der Waals surface area (Å²) in [4.78, 5) is 0. The van der Waals surface area contributed by atoms with E-state index in [2.05, 4.69) is 13.8 Å². The average Bonchev–Trinajstić information content (AvgIpc) is 2.54. The molecule has 0 spiro atoms. The molecule has 4 N–H and O–H groups in total. The van der Waals surface area contributed by atoms with Gasteiger partial charge in [0.1, 0.15) is 0 Å². The third-order valence-corrected chi connectivity index (χ3v) is 4.96. The first-order valence-corrected chi connectivity index (χ1v) is 8.98. The van der Waals surface area contributed by atoms with Crippen molar-refractivity contribution in [3.8, 4) is 0 Å². The van der Waals surface area contributed by atoms with Crippen LogP contribution in [0.5, 0.6) is 0 Å². The van der Waals surface area contributed by atoms with Crippen LogP contribution in [0.15, 0.2) is 34.9 Å². The number of hydrogen-bond donors (Lipinski definition) is 4. The van der Waals surface area contributed by atoms with E-state index in [1.54, 1.807) is 6.92 Å². The minimum Gasteiger partial charge on any atom is -0.392 e. The number of hydrogen-bond acceptors (Lipinski definition) is 4. The molecule has 4 heteroatoms. The van der Waals surface area contributed by atoms with Crippen LogP contribution in [0.1, 0.15) is 59.3 Å². The van der Waals surface area contributed by atoms with Crippen molar-refractivity contribution in [2.45, 2.75) is 71.0 Å². The molecule has 0 aliphatic heterocycles. The molecule has 1 aliphatic rings. The van der Waals surface area contributed by atoms with E-state index in [9.17, 15) is 20.4 Å². The first-order valence-electron chi connectivity index (χ1n) is 8.98. The van der Waals surface area contributed by atoms with Crippen molar-refractivity contribution in [1.82, 2.24) is 0 Å². The highest BCUT2D eigenvalue weighted by atomic mass is 16.3. The molecule has 0 heterocycles. The Balaban J connectivity index is 3.07. The number of aliphatic hydroxyl groups excluding tert-OH is 3. The fourth-order valence-electron chi connectivity index (χ4n) is 2.91. The van der Waals surface area contributed by atoms with Crippen molar-refractivity contribution >= 4 is 0 Å². The summed E-state index contributed by atoms with van der Waals surface area (Å²) in [5.74, 6) is 0.350. The molecule has 0 unspecified atom stereocenters. The maximum atomic E-state index is 10.6. The van der Waals surface area contributed by atoms with Gasteiger partial charge >= 0.3 is 0 Å². The molecule has 0 amide bonds. The predicted octanol–water partition coefficient (Wildman–Crippen LogP) is 2.87. The lowest BCUT2D eigenvalue weighted by molar-refractivity contribution is -0.0698. The Hall–Kier alpha value is -0.940. The quantitative estimate of drug-likeness (QED) is 0.597. The zero-order valence-electron chi connectivity index (χ0n) is 15.3. The second kappa shape index (κ2) is 10.1. The Labute approximate surface area is 146 Å². The summed E-state index contributed by atoms with van der Waals surface area (Å²) in [6.45, 7) is 5.90. The average molecular weight is 338 g/mol. The number of rotatable bonds is 3.